The summed E-state index contributed by atoms with van der Waals surface area (Å²) in [6.45, 7) is 2.07. The van der Waals surface area contributed by atoms with E-state index in [4.69, 9.17) is 11.0 Å². The average molecular weight is 178 g/mol. The molecule has 0 saturated heterocycles. The number of rotatable bonds is 2. The fraction of sp³-hybridized carbons (Fsp3) is 0.222. The first-order valence-corrected chi connectivity index (χ1v) is 4.68. The lowest BCUT2D eigenvalue weighted by molar-refractivity contribution is 1.39. The first-order chi connectivity index (χ1) is 5.76. The number of thioether (sulfide) groups is 1. The van der Waals surface area contributed by atoms with Gasteiger partial charge in [0.15, 0.2) is 0 Å². The Hall–Kier alpha value is -1.14. The molecule has 0 aliphatic heterocycles. The lowest BCUT2D eigenvalue weighted by Gasteiger charge is -2.00. The first-order valence-electron chi connectivity index (χ1n) is 3.69. The zero-order valence-corrected chi connectivity index (χ0v) is 7.69. The van der Waals surface area contributed by atoms with Crippen LogP contribution in [0.15, 0.2) is 23.1 Å². The average Bonchev–Trinajstić information content (AvgIpc) is 2.04. The molecule has 2 nitrogen and oxygen atoms in total. The molecule has 0 spiro atoms. The van der Waals surface area contributed by atoms with Crippen molar-refractivity contribution in [3.63, 3.8) is 0 Å². The molecule has 0 heterocycles. The highest BCUT2D eigenvalue weighted by atomic mass is 32.2. The minimum absolute atomic E-state index is 0.631. The Labute approximate surface area is 76.4 Å². The minimum atomic E-state index is 0.631. The molecule has 0 unspecified atom stereocenters. The van der Waals surface area contributed by atoms with Crippen molar-refractivity contribution in [2.45, 2.75) is 11.8 Å². The molecule has 0 aliphatic carbocycles. The second kappa shape index (κ2) is 4.03. The van der Waals surface area contributed by atoms with Gasteiger partial charge >= 0.3 is 0 Å². The summed E-state index contributed by atoms with van der Waals surface area (Å²) in [5.41, 5.74) is 6.89. The van der Waals surface area contributed by atoms with Crippen LogP contribution < -0.4 is 5.73 Å². The van der Waals surface area contributed by atoms with Gasteiger partial charge in [0.05, 0.1) is 11.6 Å². The van der Waals surface area contributed by atoms with Crippen LogP contribution in [0.1, 0.15) is 12.5 Å². The Morgan fingerprint density at radius 1 is 1.50 bits per heavy atom. The lowest BCUT2D eigenvalue weighted by atomic mass is 10.2. The second-order valence-electron chi connectivity index (χ2n) is 2.34. The van der Waals surface area contributed by atoms with E-state index in [0.29, 0.717) is 11.3 Å². The summed E-state index contributed by atoms with van der Waals surface area (Å²) in [6, 6.07) is 7.49. The van der Waals surface area contributed by atoms with Crippen molar-refractivity contribution < 1.29 is 0 Å². The molecular weight excluding hydrogens is 168 g/mol. The van der Waals surface area contributed by atoms with Crippen LogP contribution >= 0.6 is 11.8 Å². The Morgan fingerprint density at radius 2 is 2.25 bits per heavy atom. The third-order valence-electron chi connectivity index (χ3n) is 1.37. The summed E-state index contributed by atoms with van der Waals surface area (Å²) >= 11 is 1.69. The molecule has 0 saturated carbocycles. The molecule has 0 amide bonds. The van der Waals surface area contributed by atoms with Gasteiger partial charge in [-0.2, -0.15) is 5.26 Å². The first kappa shape index (κ1) is 8.95. The van der Waals surface area contributed by atoms with E-state index in [1.807, 2.05) is 12.1 Å². The van der Waals surface area contributed by atoms with Crippen molar-refractivity contribution in [2.24, 2.45) is 0 Å². The fourth-order valence-electron chi connectivity index (χ4n) is 0.937. The predicted octanol–water partition coefficient (Wildman–Crippen LogP) is 2.25. The number of anilines is 1. The molecule has 1 aromatic rings. The third-order valence-corrected chi connectivity index (χ3v) is 2.23. The van der Waals surface area contributed by atoms with Gasteiger partial charge < -0.3 is 5.73 Å². The van der Waals surface area contributed by atoms with Crippen molar-refractivity contribution in [2.75, 3.05) is 11.5 Å². The van der Waals surface area contributed by atoms with Crippen molar-refractivity contribution in [3.8, 4) is 6.07 Å². The normalized spacial score (nSPS) is 9.33. The van der Waals surface area contributed by atoms with E-state index in [0.717, 1.165) is 10.6 Å². The highest BCUT2D eigenvalue weighted by Gasteiger charge is 1.97. The molecule has 0 atom stereocenters. The number of hydrogen-bond donors (Lipinski definition) is 1. The summed E-state index contributed by atoms with van der Waals surface area (Å²) in [5, 5.41) is 8.64. The highest BCUT2D eigenvalue weighted by Crippen LogP contribution is 2.21. The number of benzene rings is 1. The number of nitrogen functional groups attached to an aromatic ring is 1. The third kappa shape index (κ3) is 2.18. The van der Waals surface area contributed by atoms with Gasteiger partial charge in [-0.15, -0.1) is 11.8 Å². The van der Waals surface area contributed by atoms with E-state index < -0.39 is 0 Å². The van der Waals surface area contributed by atoms with E-state index in [-0.39, 0.29) is 0 Å². The molecule has 2 N–H and O–H groups in total. The maximum Gasteiger partial charge on any atom is 0.0992 e. The summed E-state index contributed by atoms with van der Waals surface area (Å²) in [6.07, 6.45) is 0. The minimum Gasteiger partial charge on any atom is -0.399 e. The Morgan fingerprint density at radius 3 is 2.83 bits per heavy atom. The summed E-state index contributed by atoms with van der Waals surface area (Å²) in [5.74, 6) is 0.994. The SMILES string of the molecule is CCSc1cc(N)cc(C#N)c1. The predicted molar refractivity (Wildman–Crippen MR) is 52.0 cm³/mol. The van der Waals surface area contributed by atoms with E-state index in [1.54, 1.807) is 17.8 Å². The molecule has 12 heavy (non-hydrogen) atoms. The zero-order chi connectivity index (χ0) is 8.97. The monoisotopic (exact) mass is 178 g/mol. The number of nitrogens with two attached hydrogens (primary N) is 1. The van der Waals surface area contributed by atoms with Gasteiger partial charge in [0.2, 0.25) is 0 Å². The van der Waals surface area contributed by atoms with Crippen molar-refractivity contribution in [1.29, 1.82) is 5.26 Å². The molecule has 0 fully saturated rings. The van der Waals surface area contributed by atoms with E-state index in [1.165, 1.54) is 0 Å². The summed E-state index contributed by atoms with van der Waals surface area (Å²) < 4.78 is 0. The maximum absolute atomic E-state index is 8.64. The number of hydrogen-bond acceptors (Lipinski definition) is 3. The van der Waals surface area contributed by atoms with Gasteiger partial charge in [-0.1, -0.05) is 6.92 Å². The molecule has 62 valence electrons. The Kier molecular flexibility index (Phi) is 3.01. The molecule has 1 aromatic carbocycles. The summed E-state index contributed by atoms with van der Waals surface area (Å²) in [4.78, 5) is 1.06. The molecule has 3 heteroatoms. The van der Waals surface area contributed by atoms with Gasteiger partial charge in [0, 0.05) is 10.6 Å². The molecule has 0 radical (unpaired) electrons. The molecule has 0 bridgehead atoms. The standard InChI is InChI=1S/C9H10N2S/c1-2-12-9-4-7(6-10)3-8(11)5-9/h3-5H,2,11H2,1H3. The van der Waals surface area contributed by atoms with Crippen molar-refractivity contribution in [3.05, 3.63) is 23.8 Å². The molecule has 0 aromatic heterocycles. The van der Waals surface area contributed by atoms with E-state index in [9.17, 15) is 0 Å². The van der Waals surface area contributed by atoms with Gasteiger partial charge in [0.1, 0.15) is 0 Å². The number of nitrogens with zero attached hydrogens (tertiary/aromatic N) is 1. The topological polar surface area (TPSA) is 49.8 Å². The van der Waals surface area contributed by atoms with Crippen LogP contribution in [0.5, 0.6) is 0 Å². The largest absolute Gasteiger partial charge is 0.399 e. The lowest BCUT2D eigenvalue weighted by Crippen LogP contribution is -1.87. The van der Waals surface area contributed by atoms with Gasteiger partial charge in [0.25, 0.3) is 0 Å². The van der Waals surface area contributed by atoms with Crippen LogP contribution in [0.25, 0.3) is 0 Å². The quantitative estimate of drug-likeness (QED) is 0.558. The van der Waals surface area contributed by atoms with Gasteiger partial charge in [-0.25, -0.2) is 0 Å². The van der Waals surface area contributed by atoms with E-state index >= 15 is 0 Å². The smallest absolute Gasteiger partial charge is 0.0992 e. The van der Waals surface area contributed by atoms with Crippen molar-refractivity contribution >= 4 is 17.4 Å². The zero-order valence-electron chi connectivity index (χ0n) is 6.87. The Balaban J connectivity index is 3.00. The van der Waals surface area contributed by atoms with Gasteiger partial charge in [-0.3, -0.25) is 0 Å². The molecular formula is C9H10N2S. The molecule has 0 aliphatic rings. The van der Waals surface area contributed by atoms with Crippen LogP contribution in [0.2, 0.25) is 0 Å². The van der Waals surface area contributed by atoms with Gasteiger partial charge in [-0.05, 0) is 24.0 Å². The maximum atomic E-state index is 8.64. The number of nitriles is 1. The van der Waals surface area contributed by atoms with E-state index in [2.05, 4.69) is 13.0 Å². The molecule has 1 rings (SSSR count). The van der Waals surface area contributed by atoms with Crippen LogP contribution in [-0.2, 0) is 0 Å². The van der Waals surface area contributed by atoms with Crippen LogP contribution in [0.3, 0.4) is 0 Å². The van der Waals surface area contributed by atoms with Crippen LogP contribution in [-0.4, -0.2) is 5.75 Å². The summed E-state index contributed by atoms with van der Waals surface area (Å²) in [7, 11) is 0. The van der Waals surface area contributed by atoms with Crippen LogP contribution in [0, 0.1) is 11.3 Å². The highest BCUT2D eigenvalue weighted by molar-refractivity contribution is 7.99. The fourth-order valence-corrected chi connectivity index (χ4v) is 1.70. The van der Waals surface area contributed by atoms with Crippen LogP contribution in [0.4, 0.5) is 5.69 Å². The Bertz CT molecular complexity index is 315. The second-order valence-corrected chi connectivity index (χ2v) is 3.67. The van der Waals surface area contributed by atoms with Crippen molar-refractivity contribution in [1.82, 2.24) is 0 Å².